The third-order valence-corrected chi connectivity index (χ3v) is 6.15. The van der Waals surface area contributed by atoms with Crippen molar-refractivity contribution in [3.63, 3.8) is 0 Å². The van der Waals surface area contributed by atoms with Gasteiger partial charge in [0.15, 0.2) is 0 Å². The largest absolute Gasteiger partial charge is 0.466 e. The molecule has 0 bridgehead atoms. The minimum atomic E-state index is -0.685. The Morgan fingerprint density at radius 2 is 1.47 bits per heavy atom. The summed E-state index contributed by atoms with van der Waals surface area (Å²) in [4.78, 5) is 39.6. The molecule has 1 fully saturated rings. The van der Waals surface area contributed by atoms with Gasteiger partial charge in [0.05, 0.1) is 23.7 Å². The van der Waals surface area contributed by atoms with Crippen LogP contribution in [0.1, 0.15) is 66.7 Å². The Labute approximate surface area is 179 Å². The number of methoxy groups -OCH3 is 1. The van der Waals surface area contributed by atoms with Gasteiger partial charge in [-0.3, -0.25) is 4.79 Å². The number of hydrogen-bond donors (Lipinski definition) is 0. The van der Waals surface area contributed by atoms with Crippen LogP contribution in [0, 0.1) is 17.3 Å². The van der Waals surface area contributed by atoms with Crippen molar-refractivity contribution in [2.75, 3.05) is 21.0 Å². The van der Waals surface area contributed by atoms with Crippen LogP contribution < -0.4 is 0 Å². The van der Waals surface area contributed by atoms with Crippen LogP contribution >= 0.6 is 0 Å². The Kier molecular flexibility index (Phi) is 7.72. The maximum Gasteiger partial charge on any atom is 0.339 e. The first-order valence-electron chi connectivity index (χ1n) is 10.6. The number of carbonyl (C=O) groups excluding carboxylic acids is 3. The summed E-state index contributed by atoms with van der Waals surface area (Å²) in [5.41, 5.74) is 1.79. The fourth-order valence-corrected chi connectivity index (χ4v) is 4.24. The highest BCUT2D eigenvalue weighted by Gasteiger charge is 2.43. The van der Waals surface area contributed by atoms with E-state index in [0.29, 0.717) is 11.1 Å². The Morgan fingerprint density at radius 3 is 1.97 bits per heavy atom. The molecule has 0 spiro atoms. The van der Waals surface area contributed by atoms with E-state index in [0.717, 1.165) is 43.5 Å². The molecule has 0 aromatic heterocycles. The molecule has 1 atom stereocenters. The molecule has 0 radical (unpaired) electrons. The molecular weight excluding hydrogens is 386 g/mol. The SMILES string of the molecule is COC(=O)C1=C(C)N(C)C(C)=C(C(=O)OCOC(=O)C(C)(C)C)C1C1CCCCC1. The first-order valence-corrected chi connectivity index (χ1v) is 10.6. The lowest BCUT2D eigenvalue weighted by Gasteiger charge is -2.40. The van der Waals surface area contributed by atoms with Gasteiger partial charge < -0.3 is 19.1 Å². The van der Waals surface area contributed by atoms with E-state index in [1.165, 1.54) is 7.11 Å². The molecule has 30 heavy (non-hydrogen) atoms. The Hall–Kier alpha value is -2.31. The Bertz CT molecular complexity index is 752. The van der Waals surface area contributed by atoms with Crippen molar-refractivity contribution in [1.82, 2.24) is 4.90 Å². The van der Waals surface area contributed by atoms with Crippen molar-refractivity contribution in [1.29, 1.82) is 0 Å². The van der Waals surface area contributed by atoms with Gasteiger partial charge in [-0.15, -0.1) is 0 Å². The van der Waals surface area contributed by atoms with Crippen LogP contribution in [0.3, 0.4) is 0 Å². The topological polar surface area (TPSA) is 82.1 Å². The van der Waals surface area contributed by atoms with Gasteiger partial charge >= 0.3 is 17.9 Å². The van der Waals surface area contributed by atoms with Crippen LogP contribution in [0.2, 0.25) is 0 Å². The predicted octanol–water partition coefficient (Wildman–Crippen LogP) is 3.94. The van der Waals surface area contributed by atoms with Gasteiger partial charge in [-0.25, -0.2) is 9.59 Å². The summed E-state index contributed by atoms with van der Waals surface area (Å²) in [6, 6.07) is 0. The maximum atomic E-state index is 13.1. The summed E-state index contributed by atoms with van der Waals surface area (Å²) < 4.78 is 15.5. The van der Waals surface area contributed by atoms with E-state index in [4.69, 9.17) is 14.2 Å². The van der Waals surface area contributed by atoms with E-state index >= 15 is 0 Å². The highest BCUT2D eigenvalue weighted by molar-refractivity contribution is 5.97. The summed E-state index contributed by atoms with van der Waals surface area (Å²) in [6.07, 6.45) is 5.16. The van der Waals surface area contributed by atoms with Gasteiger partial charge in [-0.05, 0) is 53.4 Å². The lowest BCUT2D eigenvalue weighted by molar-refractivity contribution is -0.171. The van der Waals surface area contributed by atoms with Crippen molar-refractivity contribution < 1.29 is 28.6 Å². The van der Waals surface area contributed by atoms with Crippen LogP contribution in [0.15, 0.2) is 22.5 Å². The zero-order valence-electron chi connectivity index (χ0n) is 19.3. The van der Waals surface area contributed by atoms with Crippen LogP contribution in [0.25, 0.3) is 0 Å². The van der Waals surface area contributed by atoms with Gasteiger partial charge in [0.25, 0.3) is 0 Å². The fourth-order valence-electron chi connectivity index (χ4n) is 4.24. The standard InChI is InChI=1S/C23H35NO6/c1-14-17(20(25)28-7)19(16-11-9-8-10-12-16)18(15(2)24(14)6)21(26)29-13-30-22(27)23(3,4)5/h16,19H,8-13H2,1-7H3. The second-order valence-corrected chi connectivity index (χ2v) is 9.16. The molecule has 0 aromatic rings. The second-order valence-electron chi connectivity index (χ2n) is 9.16. The zero-order chi connectivity index (χ0) is 22.6. The molecule has 0 aromatic carbocycles. The summed E-state index contributed by atoms with van der Waals surface area (Å²) in [5.74, 6) is -1.67. The molecular formula is C23H35NO6. The van der Waals surface area contributed by atoms with E-state index in [2.05, 4.69) is 0 Å². The molecule has 0 amide bonds. The van der Waals surface area contributed by atoms with Gasteiger partial charge in [0, 0.05) is 24.4 Å². The molecule has 1 aliphatic heterocycles. The number of hydrogen-bond acceptors (Lipinski definition) is 7. The van der Waals surface area contributed by atoms with Crippen molar-refractivity contribution in [2.24, 2.45) is 17.3 Å². The normalized spacial score (nSPS) is 20.9. The van der Waals surface area contributed by atoms with E-state index < -0.39 is 30.1 Å². The molecule has 2 aliphatic rings. The Balaban J connectivity index is 2.34. The number of carbonyl (C=O) groups is 3. The molecule has 0 N–H and O–H groups in total. The van der Waals surface area contributed by atoms with E-state index in [9.17, 15) is 14.4 Å². The average Bonchev–Trinajstić information content (AvgIpc) is 2.70. The third-order valence-electron chi connectivity index (χ3n) is 6.15. The number of ether oxygens (including phenoxy) is 3. The summed E-state index contributed by atoms with van der Waals surface area (Å²) in [6.45, 7) is 8.47. The molecule has 1 aliphatic carbocycles. The lowest BCUT2D eigenvalue weighted by Crippen LogP contribution is -2.38. The van der Waals surface area contributed by atoms with Crippen LogP contribution in [0.4, 0.5) is 0 Å². The zero-order valence-corrected chi connectivity index (χ0v) is 19.3. The minimum Gasteiger partial charge on any atom is -0.466 e. The number of rotatable bonds is 5. The van der Waals surface area contributed by atoms with Crippen LogP contribution in [-0.4, -0.2) is 43.8 Å². The molecule has 0 saturated heterocycles. The summed E-state index contributed by atoms with van der Waals surface area (Å²) in [5, 5.41) is 0. The van der Waals surface area contributed by atoms with Crippen molar-refractivity contribution in [2.45, 2.75) is 66.7 Å². The van der Waals surface area contributed by atoms with Crippen molar-refractivity contribution in [3.05, 3.63) is 22.5 Å². The quantitative estimate of drug-likeness (QED) is 0.491. The van der Waals surface area contributed by atoms with E-state index in [1.807, 2.05) is 25.8 Å². The first kappa shape index (κ1) is 24.0. The number of esters is 3. The van der Waals surface area contributed by atoms with E-state index in [1.54, 1.807) is 20.8 Å². The number of allylic oxidation sites excluding steroid dienone is 2. The molecule has 168 valence electrons. The molecule has 1 heterocycles. The lowest BCUT2D eigenvalue weighted by atomic mass is 9.70. The molecule has 2 rings (SSSR count). The van der Waals surface area contributed by atoms with Crippen molar-refractivity contribution in [3.8, 4) is 0 Å². The van der Waals surface area contributed by atoms with Gasteiger partial charge in [-0.1, -0.05) is 19.3 Å². The van der Waals surface area contributed by atoms with Crippen LogP contribution in [-0.2, 0) is 28.6 Å². The fraction of sp³-hybridized carbons (Fsp3) is 0.696. The smallest absolute Gasteiger partial charge is 0.339 e. The summed E-state index contributed by atoms with van der Waals surface area (Å²) in [7, 11) is 3.17. The van der Waals surface area contributed by atoms with Crippen LogP contribution in [0.5, 0.6) is 0 Å². The van der Waals surface area contributed by atoms with Gasteiger partial charge in [-0.2, -0.15) is 0 Å². The average molecular weight is 422 g/mol. The molecule has 1 unspecified atom stereocenters. The van der Waals surface area contributed by atoms with Crippen molar-refractivity contribution >= 4 is 17.9 Å². The highest BCUT2D eigenvalue weighted by Crippen LogP contribution is 2.44. The Morgan fingerprint density at radius 1 is 0.933 bits per heavy atom. The van der Waals surface area contributed by atoms with E-state index in [-0.39, 0.29) is 11.8 Å². The molecule has 1 saturated carbocycles. The van der Waals surface area contributed by atoms with Gasteiger partial charge in [0.2, 0.25) is 6.79 Å². The molecule has 7 nitrogen and oxygen atoms in total. The molecule has 7 heteroatoms. The number of nitrogens with zero attached hydrogens (tertiary/aromatic N) is 1. The highest BCUT2D eigenvalue weighted by atomic mass is 16.7. The first-order chi connectivity index (χ1) is 14.0. The monoisotopic (exact) mass is 421 g/mol. The second kappa shape index (κ2) is 9.67. The van der Waals surface area contributed by atoms with Gasteiger partial charge in [0.1, 0.15) is 0 Å². The maximum absolute atomic E-state index is 13.1. The predicted molar refractivity (Wildman–Crippen MR) is 112 cm³/mol. The minimum absolute atomic E-state index is 0.158. The third kappa shape index (κ3) is 5.05. The summed E-state index contributed by atoms with van der Waals surface area (Å²) >= 11 is 0.